The molecule has 1 saturated heterocycles. The van der Waals surface area contributed by atoms with Crippen LogP contribution in [0.3, 0.4) is 0 Å². The standard InChI is InChI=1S/C21H19ClF4N2O4/c22-10-5-13(24)20(14(25)6-10)28-4-3-21(31,16(29)8-28)9-32-15-7-12(23)18(26)19-11(15)1-2-17(30)27-19/h5-7,16,29,31H,1-4,8-9H2,(H,27,30)/t16-,21-/m0/s1. The number of fused-ring (bicyclic) bond motifs is 1. The molecule has 32 heavy (non-hydrogen) atoms. The smallest absolute Gasteiger partial charge is 0.224 e. The summed E-state index contributed by atoms with van der Waals surface area (Å²) in [5.74, 6) is -4.79. The summed E-state index contributed by atoms with van der Waals surface area (Å²) in [5, 5.41) is 23.5. The molecule has 2 aromatic carbocycles. The summed E-state index contributed by atoms with van der Waals surface area (Å²) in [6.45, 7) is -0.807. The van der Waals surface area contributed by atoms with Crippen molar-refractivity contribution in [3.63, 3.8) is 0 Å². The van der Waals surface area contributed by atoms with Crippen molar-refractivity contribution >= 4 is 28.9 Å². The van der Waals surface area contributed by atoms with E-state index in [1.54, 1.807) is 0 Å². The Balaban J connectivity index is 1.51. The Morgan fingerprint density at radius 1 is 1.16 bits per heavy atom. The first-order valence-corrected chi connectivity index (χ1v) is 10.2. The summed E-state index contributed by atoms with van der Waals surface area (Å²) in [6, 6.07) is 2.71. The minimum Gasteiger partial charge on any atom is -0.490 e. The summed E-state index contributed by atoms with van der Waals surface area (Å²) in [4.78, 5) is 12.8. The molecule has 0 aliphatic carbocycles. The second kappa shape index (κ2) is 8.42. The van der Waals surface area contributed by atoms with Gasteiger partial charge in [0.05, 0.1) is 5.69 Å². The van der Waals surface area contributed by atoms with Crippen molar-refractivity contribution in [3.05, 3.63) is 52.1 Å². The Morgan fingerprint density at radius 2 is 1.84 bits per heavy atom. The summed E-state index contributed by atoms with van der Waals surface area (Å²) in [6.07, 6.45) is -1.43. The number of piperidine rings is 1. The number of β-amino-alcohol motifs (C(OH)–C–C–N with tert-alkyl or cyclic N) is 1. The van der Waals surface area contributed by atoms with Gasteiger partial charge in [-0.2, -0.15) is 0 Å². The van der Waals surface area contributed by atoms with Crippen LogP contribution in [0.15, 0.2) is 18.2 Å². The van der Waals surface area contributed by atoms with Crippen molar-refractivity contribution in [2.75, 3.05) is 29.9 Å². The van der Waals surface area contributed by atoms with Crippen LogP contribution >= 0.6 is 11.6 Å². The summed E-state index contributed by atoms with van der Waals surface area (Å²) >= 11 is 5.64. The first-order chi connectivity index (χ1) is 15.1. The predicted octanol–water partition coefficient (Wildman–Crippen LogP) is 3.16. The molecule has 2 heterocycles. The second-order valence-electron chi connectivity index (χ2n) is 7.89. The van der Waals surface area contributed by atoms with Crippen molar-refractivity contribution in [1.82, 2.24) is 0 Å². The van der Waals surface area contributed by atoms with E-state index in [1.807, 2.05) is 0 Å². The second-order valence-corrected chi connectivity index (χ2v) is 8.33. The number of aliphatic hydroxyl groups is 2. The highest BCUT2D eigenvalue weighted by atomic mass is 35.5. The lowest BCUT2D eigenvalue weighted by Crippen LogP contribution is -2.58. The zero-order chi connectivity index (χ0) is 23.2. The van der Waals surface area contributed by atoms with Crippen LogP contribution in [0.4, 0.5) is 28.9 Å². The van der Waals surface area contributed by atoms with Crippen LogP contribution in [0.5, 0.6) is 5.75 Å². The fraction of sp³-hybridized carbons (Fsp3) is 0.381. The Hall–Kier alpha value is -2.56. The van der Waals surface area contributed by atoms with E-state index in [2.05, 4.69) is 5.32 Å². The van der Waals surface area contributed by atoms with Gasteiger partial charge < -0.3 is 25.2 Å². The maximum Gasteiger partial charge on any atom is 0.224 e. The molecule has 2 aliphatic rings. The number of carbonyl (C=O) groups is 1. The van der Waals surface area contributed by atoms with Crippen molar-refractivity contribution in [2.24, 2.45) is 0 Å². The summed E-state index contributed by atoms with van der Waals surface area (Å²) in [5.41, 5.74) is -2.26. The molecule has 1 amide bonds. The number of carbonyl (C=O) groups excluding carboxylic acids is 1. The zero-order valence-electron chi connectivity index (χ0n) is 16.6. The lowest BCUT2D eigenvalue weighted by molar-refractivity contribution is -0.116. The van der Waals surface area contributed by atoms with Crippen molar-refractivity contribution in [1.29, 1.82) is 0 Å². The SMILES string of the molecule is O=C1CCc2c(OC[C@@]3(O)CCN(c4c(F)cc(Cl)cc4F)C[C@@H]3O)cc(F)c(F)c2N1. The highest BCUT2D eigenvalue weighted by Crippen LogP contribution is 2.37. The van der Waals surface area contributed by atoms with Gasteiger partial charge in [-0.05, 0) is 25.0 Å². The van der Waals surface area contributed by atoms with Crippen LogP contribution in [0.25, 0.3) is 0 Å². The van der Waals surface area contributed by atoms with Gasteiger partial charge in [0.2, 0.25) is 5.91 Å². The van der Waals surface area contributed by atoms with Crippen LogP contribution in [-0.4, -0.2) is 47.5 Å². The number of hydrogen-bond donors (Lipinski definition) is 3. The summed E-state index contributed by atoms with van der Waals surface area (Å²) < 4.78 is 62.0. The molecule has 11 heteroatoms. The molecule has 4 rings (SSSR count). The van der Waals surface area contributed by atoms with Gasteiger partial charge in [0.25, 0.3) is 0 Å². The topological polar surface area (TPSA) is 82.0 Å². The van der Waals surface area contributed by atoms with E-state index < -0.39 is 47.5 Å². The van der Waals surface area contributed by atoms with Gasteiger partial charge in [-0.1, -0.05) is 11.6 Å². The number of hydrogen-bond acceptors (Lipinski definition) is 5. The number of aliphatic hydroxyl groups excluding tert-OH is 1. The van der Waals surface area contributed by atoms with Crippen LogP contribution < -0.4 is 15.0 Å². The number of amides is 1. The lowest BCUT2D eigenvalue weighted by Gasteiger charge is -2.42. The molecule has 0 bridgehead atoms. The first kappa shape index (κ1) is 22.6. The summed E-state index contributed by atoms with van der Waals surface area (Å²) in [7, 11) is 0. The van der Waals surface area contributed by atoms with Gasteiger partial charge in [-0.15, -0.1) is 0 Å². The van der Waals surface area contributed by atoms with Gasteiger partial charge in [0.15, 0.2) is 23.3 Å². The largest absolute Gasteiger partial charge is 0.490 e. The number of halogens is 5. The highest BCUT2D eigenvalue weighted by Gasteiger charge is 2.43. The Morgan fingerprint density at radius 3 is 2.50 bits per heavy atom. The quantitative estimate of drug-likeness (QED) is 0.593. The fourth-order valence-electron chi connectivity index (χ4n) is 3.96. The molecule has 0 spiro atoms. The van der Waals surface area contributed by atoms with E-state index in [-0.39, 0.29) is 60.1 Å². The molecule has 3 N–H and O–H groups in total. The molecular formula is C21H19ClF4N2O4. The van der Waals surface area contributed by atoms with Gasteiger partial charge in [0.1, 0.15) is 29.7 Å². The maximum absolute atomic E-state index is 14.2. The number of benzene rings is 2. The predicted molar refractivity (Wildman–Crippen MR) is 108 cm³/mol. The fourth-order valence-corrected chi connectivity index (χ4v) is 4.16. The van der Waals surface area contributed by atoms with E-state index in [0.29, 0.717) is 0 Å². The van der Waals surface area contributed by atoms with Gasteiger partial charge in [0, 0.05) is 36.2 Å². The molecule has 2 aliphatic heterocycles. The van der Waals surface area contributed by atoms with Crippen molar-refractivity contribution < 1.29 is 37.3 Å². The minimum atomic E-state index is -1.81. The lowest BCUT2D eigenvalue weighted by atomic mass is 9.89. The molecule has 2 atom stereocenters. The average Bonchev–Trinajstić information content (AvgIpc) is 2.72. The molecule has 1 fully saturated rings. The Bertz CT molecular complexity index is 1060. The Labute approximate surface area is 185 Å². The van der Waals surface area contributed by atoms with Crippen LogP contribution in [0, 0.1) is 23.3 Å². The third-order valence-corrected chi connectivity index (χ3v) is 5.97. The van der Waals surface area contributed by atoms with Crippen molar-refractivity contribution in [2.45, 2.75) is 31.0 Å². The monoisotopic (exact) mass is 474 g/mol. The van der Waals surface area contributed by atoms with Gasteiger partial charge in [-0.3, -0.25) is 4.79 Å². The highest BCUT2D eigenvalue weighted by molar-refractivity contribution is 6.30. The van der Waals surface area contributed by atoms with Crippen LogP contribution in [0.2, 0.25) is 5.02 Å². The molecule has 6 nitrogen and oxygen atoms in total. The molecule has 172 valence electrons. The van der Waals surface area contributed by atoms with E-state index >= 15 is 0 Å². The van der Waals surface area contributed by atoms with E-state index in [1.165, 1.54) is 4.90 Å². The number of nitrogens with zero attached hydrogens (tertiary/aromatic N) is 1. The van der Waals surface area contributed by atoms with E-state index in [0.717, 1.165) is 18.2 Å². The van der Waals surface area contributed by atoms with E-state index in [9.17, 15) is 32.6 Å². The van der Waals surface area contributed by atoms with Crippen molar-refractivity contribution in [3.8, 4) is 5.75 Å². The first-order valence-electron chi connectivity index (χ1n) is 9.82. The third kappa shape index (κ3) is 4.10. The minimum absolute atomic E-state index is 0.0155. The van der Waals surface area contributed by atoms with Gasteiger partial charge in [-0.25, -0.2) is 17.6 Å². The number of rotatable bonds is 4. The zero-order valence-corrected chi connectivity index (χ0v) is 17.4. The molecule has 0 radical (unpaired) electrons. The molecule has 0 unspecified atom stereocenters. The molecular weight excluding hydrogens is 456 g/mol. The third-order valence-electron chi connectivity index (χ3n) is 5.76. The van der Waals surface area contributed by atoms with E-state index in [4.69, 9.17) is 16.3 Å². The van der Waals surface area contributed by atoms with Gasteiger partial charge >= 0.3 is 0 Å². The maximum atomic E-state index is 14.2. The number of nitrogens with one attached hydrogen (secondary N) is 1. The number of anilines is 2. The molecule has 0 saturated carbocycles. The number of ether oxygens (including phenoxy) is 1. The van der Waals surface area contributed by atoms with Crippen LogP contribution in [-0.2, 0) is 11.2 Å². The molecule has 0 aromatic heterocycles. The molecule has 2 aromatic rings. The Kier molecular flexibility index (Phi) is 5.95. The normalized spacial score (nSPS) is 23.0. The van der Waals surface area contributed by atoms with Crippen LogP contribution in [0.1, 0.15) is 18.4 Å². The average molecular weight is 475 g/mol.